The number of benzene rings is 1. The summed E-state index contributed by atoms with van der Waals surface area (Å²) in [6.45, 7) is 0. The van der Waals surface area contributed by atoms with Crippen LogP contribution in [0.3, 0.4) is 0 Å². The molecule has 0 fully saturated rings. The van der Waals surface area contributed by atoms with Crippen LogP contribution in [0.5, 0.6) is 5.88 Å². The van der Waals surface area contributed by atoms with Gasteiger partial charge in [0.25, 0.3) is 5.56 Å². The van der Waals surface area contributed by atoms with Crippen LogP contribution in [0.25, 0.3) is 22.3 Å². The Labute approximate surface area is 116 Å². The fourth-order valence-electron chi connectivity index (χ4n) is 1.87. The van der Waals surface area contributed by atoms with Crippen molar-refractivity contribution in [3.63, 3.8) is 0 Å². The molecule has 0 aliphatic carbocycles. The van der Waals surface area contributed by atoms with Crippen LogP contribution < -0.4 is 5.56 Å². The topological polar surface area (TPSA) is 78.9 Å². The maximum absolute atomic E-state index is 11.6. The molecule has 1 aromatic carbocycles. The third kappa shape index (κ3) is 2.00. The summed E-state index contributed by atoms with van der Waals surface area (Å²) in [6.07, 6.45) is 1.64. The van der Waals surface area contributed by atoms with Gasteiger partial charge in [-0.05, 0) is 27.4 Å². The van der Waals surface area contributed by atoms with Gasteiger partial charge in [-0.2, -0.15) is 4.98 Å². The first kappa shape index (κ1) is 11.9. The summed E-state index contributed by atoms with van der Waals surface area (Å²) in [5, 5.41) is 11.4. The molecule has 5 nitrogen and oxygen atoms in total. The molecule has 0 bridgehead atoms. The van der Waals surface area contributed by atoms with E-state index in [0.29, 0.717) is 5.69 Å². The van der Waals surface area contributed by atoms with Crippen molar-refractivity contribution in [3.8, 4) is 17.4 Å². The Kier molecular flexibility index (Phi) is 2.79. The summed E-state index contributed by atoms with van der Waals surface area (Å²) in [5.74, 6) is -0.115. The molecule has 0 saturated heterocycles. The van der Waals surface area contributed by atoms with Crippen LogP contribution >= 0.6 is 15.9 Å². The molecule has 3 aromatic rings. The number of hydrogen-bond donors (Lipinski definition) is 2. The van der Waals surface area contributed by atoms with Gasteiger partial charge in [0, 0.05) is 11.6 Å². The highest BCUT2D eigenvalue weighted by Crippen LogP contribution is 2.25. The molecule has 2 heterocycles. The largest absolute Gasteiger partial charge is 0.492 e. The maximum Gasteiger partial charge on any atom is 0.269 e. The molecule has 0 saturated carbocycles. The third-order valence-corrected chi connectivity index (χ3v) is 3.46. The second kappa shape index (κ2) is 4.47. The number of halogens is 1. The van der Waals surface area contributed by atoms with Crippen molar-refractivity contribution in [2.45, 2.75) is 0 Å². The normalized spacial score (nSPS) is 10.8. The van der Waals surface area contributed by atoms with E-state index >= 15 is 0 Å². The maximum atomic E-state index is 11.6. The number of pyridine rings is 1. The number of nitrogens with zero attached hydrogens (tertiary/aromatic N) is 2. The number of aromatic nitrogens is 3. The van der Waals surface area contributed by atoms with Crippen LogP contribution in [0.15, 0.2) is 45.8 Å². The Bertz CT molecular complexity index is 824. The van der Waals surface area contributed by atoms with Gasteiger partial charge in [-0.3, -0.25) is 9.78 Å². The Morgan fingerprint density at radius 3 is 2.79 bits per heavy atom. The van der Waals surface area contributed by atoms with Crippen molar-refractivity contribution in [2.24, 2.45) is 0 Å². The second-order valence-electron chi connectivity index (χ2n) is 3.93. The monoisotopic (exact) mass is 317 g/mol. The average Bonchev–Trinajstić information content (AvgIpc) is 2.43. The van der Waals surface area contributed by atoms with Crippen molar-refractivity contribution in [1.29, 1.82) is 0 Å². The van der Waals surface area contributed by atoms with E-state index in [-0.39, 0.29) is 16.2 Å². The number of H-pyrrole nitrogens is 1. The quantitative estimate of drug-likeness (QED) is 0.722. The highest BCUT2D eigenvalue weighted by Gasteiger charge is 2.12. The minimum Gasteiger partial charge on any atom is -0.492 e. The molecule has 0 atom stereocenters. The lowest BCUT2D eigenvalue weighted by molar-refractivity contribution is 0.448. The number of hydrogen-bond acceptors (Lipinski definition) is 4. The molecule has 19 heavy (non-hydrogen) atoms. The van der Waals surface area contributed by atoms with Gasteiger partial charge in [-0.1, -0.05) is 24.3 Å². The van der Waals surface area contributed by atoms with Crippen molar-refractivity contribution in [1.82, 2.24) is 15.0 Å². The summed E-state index contributed by atoms with van der Waals surface area (Å²) >= 11 is 2.96. The molecule has 3 rings (SSSR count). The number of nitrogens with one attached hydrogen (secondary N) is 1. The third-order valence-electron chi connectivity index (χ3n) is 2.74. The van der Waals surface area contributed by atoms with Crippen LogP contribution in [0, 0.1) is 0 Å². The smallest absolute Gasteiger partial charge is 0.269 e. The highest BCUT2D eigenvalue weighted by atomic mass is 79.9. The van der Waals surface area contributed by atoms with Crippen LogP contribution in [-0.4, -0.2) is 20.1 Å². The van der Waals surface area contributed by atoms with E-state index in [0.717, 1.165) is 10.8 Å². The predicted molar refractivity (Wildman–Crippen MR) is 75.0 cm³/mol. The van der Waals surface area contributed by atoms with E-state index < -0.39 is 5.56 Å². The van der Waals surface area contributed by atoms with Crippen molar-refractivity contribution < 1.29 is 5.11 Å². The van der Waals surface area contributed by atoms with E-state index in [2.05, 4.69) is 30.9 Å². The Morgan fingerprint density at radius 1 is 1.21 bits per heavy atom. The van der Waals surface area contributed by atoms with Gasteiger partial charge in [0.2, 0.25) is 5.88 Å². The first-order valence-corrected chi connectivity index (χ1v) is 6.29. The van der Waals surface area contributed by atoms with E-state index in [1.807, 2.05) is 30.3 Å². The lowest BCUT2D eigenvalue weighted by Crippen LogP contribution is -2.10. The Hall–Kier alpha value is -2.21. The zero-order valence-electron chi connectivity index (χ0n) is 9.59. The zero-order chi connectivity index (χ0) is 13.4. The van der Waals surface area contributed by atoms with E-state index in [1.54, 1.807) is 6.20 Å². The zero-order valence-corrected chi connectivity index (χ0v) is 11.2. The number of rotatable bonds is 1. The van der Waals surface area contributed by atoms with Crippen molar-refractivity contribution >= 4 is 26.7 Å². The molecule has 0 unspecified atom stereocenters. The van der Waals surface area contributed by atoms with Crippen LogP contribution in [0.2, 0.25) is 0 Å². The summed E-state index contributed by atoms with van der Waals surface area (Å²) in [4.78, 5) is 22.4. The van der Waals surface area contributed by atoms with Crippen molar-refractivity contribution in [2.75, 3.05) is 0 Å². The number of aromatic amines is 1. The Morgan fingerprint density at radius 2 is 2.00 bits per heavy atom. The molecule has 0 amide bonds. The van der Waals surface area contributed by atoms with Gasteiger partial charge in [0.05, 0.1) is 0 Å². The van der Waals surface area contributed by atoms with E-state index in [4.69, 9.17) is 0 Å². The van der Waals surface area contributed by atoms with Gasteiger partial charge in [-0.25, -0.2) is 0 Å². The summed E-state index contributed by atoms with van der Waals surface area (Å²) in [5.41, 5.74) is 0.0789. The lowest BCUT2D eigenvalue weighted by atomic mass is 10.1. The Balaban J connectivity index is 2.34. The molecule has 0 aliphatic rings. The van der Waals surface area contributed by atoms with Gasteiger partial charge in [0.1, 0.15) is 10.2 Å². The molecule has 0 aliphatic heterocycles. The second-order valence-corrected chi connectivity index (χ2v) is 4.73. The molecule has 0 radical (unpaired) electrons. The summed E-state index contributed by atoms with van der Waals surface area (Å²) in [6, 6.07) is 9.50. The first-order valence-electron chi connectivity index (χ1n) is 5.50. The van der Waals surface area contributed by atoms with Crippen LogP contribution in [0.1, 0.15) is 0 Å². The molecular formula is C13H8BrN3O2. The van der Waals surface area contributed by atoms with Crippen LogP contribution in [-0.2, 0) is 0 Å². The summed E-state index contributed by atoms with van der Waals surface area (Å²) < 4.78 is 0.0106. The van der Waals surface area contributed by atoms with Gasteiger partial charge >= 0.3 is 0 Å². The first-order chi connectivity index (χ1) is 9.16. The van der Waals surface area contributed by atoms with Gasteiger partial charge < -0.3 is 10.1 Å². The average molecular weight is 318 g/mol. The molecular weight excluding hydrogens is 310 g/mol. The number of fused-ring (bicyclic) bond motifs is 1. The predicted octanol–water partition coefficient (Wildman–Crippen LogP) is 2.45. The minimum absolute atomic E-state index is 0.0106. The van der Waals surface area contributed by atoms with Gasteiger partial charge in [-0.15, -0.1) is 0 Å². The fraction of sp³-hybridized carbons (Fsp3) is 0. The van der Waals surface area contributed by atoms with E-state index in [1.165, 1.54) is 0 Å². The molecule has 6 heteroatoms. The molecule has 0 spiro atoms. The number of aromatic hydroxyl groups is 1. The van der Waals surface area contributed by atoms with Crippen molar-refractivity contribution in [3.05, 3.63) is 51.4 Å². The minimum atomic E-state index is -0.447. The standard InChI is InChI=1S/C13H8BrN3O2/c14-9-12(18)16-11(17-13(9)19)10-8-4-2-1-3-7(8)5-6-15-10/h1-6H,(H2,16,17,18,19). The van der Waals surface area contributed by atoms with Crippen LogP contribution in [0.4, 0.5) is 0 Å². The molecule has 94 valence electrons. The van der Waals surface area contributed by atoms with E-state index in [9.17, 15) is 9.90 Å². The SMILES string of the molecule is O=c1[nH]c(-c2nccc3ccccc23)nc(O)c1Br. The lowest BCUT2D eigenvalue weighted by Gasteiger charge is -2.05. The highest BCUT2D eigenvalue weighted by molar-refractivity contribution is 9.10. The fourth-order valence-corrected chi connectivity index (χ4v) is 2.06. The van der Waals surface area contributed by atoms with Gasteiger partial charge in [0.15, 0.2) is 5.82 Å². The molecule has 2 aromatic heterocycles. The molecule has 2 N–H and O–H groups in total. The summed E-state index contributed by atoms with van der Waals surface area (Å²) in [7, 11) is 0.